The normalized spacial score (nSPS) is 13.0. The van der Waals surface area contributed by atoms with E-state index >= 15 is 0 Å². The average Bonchev–Trinajstić information content (AvgIpc) is 2.81. The Kier molecular flexibility index (Phi) is 7.16. The molecule has 188 valence electrons. The van der Waals surface area contributed by atoms with Crippen molar-refractivity contribution in [1.82, 2.24) is 13.9 Å². The van der Waals surface area contributed by atoms with Crippen molar-refractivity contribution in [3.8, 4) is 5.69 Å². The zero-order chi connectivity index (χ0) is 26.2. The molecule has 4 rings (SSSR count). The number of hydrogen-bond donors (Lipinski definition) is 0. The molecule has 0 saturated carbocycles. The first-order valence-electron chi connectivity index (χ1n) is 12.2. The molecule has 7 heteroatoms. The number of fused-ring (bicyclic) bond motifs is 1. The number of hydrogen-bond acceptors (Lipinski definition) is 4. The summed E-state index contributed by atoms with van der Waals surface area (Å²) >= 11 is 0. The van der Waals surface area contributed by atoms with Crippen LogP contribution in [0, 0.1) is 26.7 Å². The van der Waals surface area contributed by atoms with Gasteiger partial charge in [0.05, 0.1) is 27.5 Å². The third-order valence-electron chi connectivity index (χ3n) is 6.34. The molecule has 36 heavy (non-hydrogen) atoms. The van der Waals surface area contributed by atoms with Crippen molar-refractivity contribution >= 4 is 20.9 Å². The van der Waals surface area contributed by atoms with Crippen molar-refractivity contribution in [2.75, 3.05) is 6.54 Å². The first kappa shape index (κ1) is 25.8. The lowest BCUT2D eigenvalue weighted by Crippen LogP contribution is -2.40. The molecule has 4 aromatic rings. The van der Waals surface area contributed by atoms with Gasteiger partial charge in [0, 0.05) is 6.54 Å². The maximum absolute atomic E-state index is 14.2. The predicted octanol–water partition coefficient (Wildman–Crippen LogP) is 5.72. The summed E-state index contributed by atoms with van der Waals surface area (Å²) in [6.07, 6.45) is 0. The molecule has 0 fully saturated rings. The molecule has 1 atom stereocenters. The summed E-state index contributed by atoms with van der Waals surface area (Å²) in [5.74, 6) is 0.446. The molecule has 3 aromatic carbocycles. The molecular formula is C29H33N3O3S. The highest BCUT2D eigenvalue weighted by atomic mass is 32.2. The van der Waals surface area contributed by atoms with E-state index in [0.29, 0.717) is 38.4 Å². The minimum absolute atomic E-state index is 0.0608. The quantitative estimate of drug-likeness (QED) is 0.323. The molecule has 0 aliphatic carbocycles. The van der Waals surface area contributed by atoms with Crippen molar-refractivity contribution in [1.29, 1.82) is 0 Å². The van der Waals surface area contributed by atoms with Crippen LogP contribution in [0.3, 0.4) is 0 Å². The van der Waals surface area contributed by atoms with Crippen molar-refractivity contribution in [3.05, 3.63) is 99.6 Å². The Morgan fingerprint density at radius 3 is 2.08 bits per heavy atom. The molecule has 0 spiro atoms. The van der Waals surface area contributed by atoms with Crippen LogP contribution in [0.25, 0.3) is 16.6 Å². The standard InChI is InChI=1S/C29H33N3O3S/c1-19(2)18-31(36(34,35)27-21(4)16-20(3)17-22(27)5)23(6)28-30-26-15-11-10-14-25(26)29(33)32(28)24-12-8-7-9-13-24/h7-17,19,23H,18H2,1-6H3. The van der Waals surface area contributed by atoms with E-state index in [1.807, 2.05) is 96.1 Å². The number of para-hydroxylation sites is 2. The van der Waals surface area contributed by atoms with E-state index in [4.69, 9.17) is 4.98 Å². The molecule has 0 aliphatic heterocycles. The Balaban J connectivity index is 1.99. The fraction of sp³-hybridized carbons (Fsp3) is 0.310. The van der Waals surface area contributed by atoms with Gasteiger partial charge in [-0.15, -0.1) is 0 Å². The van der Waals surface area contributed by atoms with Gasteiger partial charge in [-0.25, -0.2) is 13.4 Å². The molecule has 6 nitrogen and oxygen atoms in total. The van der Waals surface area contributed by atoms with Gasteiger partial charge in [-0.05, 0) is 69.0 Å². The summed E-state index contributed by atoms with van der Waals surface area (Å²) in [5, 5.41) is 0.487. The highest BCUT2D eigenvalue weighted by Gasteiger charge is 2.35. The average molecular weight is 504 g/mol. The van der Waals surface area contributed by atoms with E-state index in [1.165, 1.54) is 4.31 Å². The summed E-state index contributed by atoms with van der Waals surface area (Å²) in [5.41, 5.74) is 3.40. The maximum Gasteiger partial charge on any atom is 0.266 e. The van der Waals surface area contributed by atoms with Gasteiger partial charge in [0.2, 0.25) is 10.0 Å². The van der Waals surface area contributed by atoms with Crippen LogP contribution >= 0.6 is 0 Å². The second-order valence-electron chi connectivity index (χ2n) is 9.84. The molecule has 0 amide bonds. The Morgan fingerprint density at radius 1 is 0.889 bits per heavy atom. The first-order valence-corrected chi connectivity index (χ1v) is 13.6. The maximum atomic E-state index is 14.2. The topological polar surface area (TPSA) is 72.3 Å². The van der Waals surface area contributed by atoms with Gasteiger partial charge in [0.25, 0.3) is 5.56 Å². The van der Waals surface area contributed by atoms with Crippen LogP contribution in [0.4, 0.5) is 0 Å². The van der Waals surface area contributed by atoms with Crippen LogP contribution in [0.15, 0.2) is 76.4 Å². The smallest absolute Gasteiger partial charge is 0.266 e. The molecule has 1 unspecified atom stereocenters. The van der Waals surface area contributed by atoms with Gasteiger partial charge in [-0.2, -0.15) is 4.31 Å². The van der Waals surface area contributed by atoms with Gasteiger partial charge in [0.15, 0.2) is 0 Å². The van der Waals surface area contributed by atoms with Crippen molar-refractivity contribution in [2.24, 2.45) is 5.92 Å². The SMILES string of the molecule is Cc1cc(C)c(S(=O)(=O)N(CC(C)C)C(C)c2nc3ccccc3c(=O)n2-c2ccccc2)c(C)c1. The third-order valence-corrected chi connectivity index (χ3v) is 8.58. The minimum atomic E-state index is -3.91. The molecule has 1 aromatic heterocycles. The lowest BCUT2D eigenvalue weighted by atomic mass is 10.1. The van der Waals surface area contributed by atoms with E-state index in [1.54, 1.807) is 16.7 Å². The monoisotopic (exact) mass is 503 g/mol. The summed E-state index contributed by atoms with van der Waals surface area (Å²) in [6.45, 7) is 11.7. The predicted molar refractivity (Wildman–Crippen MR) is 145 cm³/mol. The molecule has 0 saturated heterocycles. The van der Waals surface area contributed by atoms with E-state index in [2.05, 4.69) is 0 Å². The molecule has 0 N–H and O–H groups in total. The van der Waals surface area contributed by atoms with E-state index in [0.717, 1.165) is 5.56 Å². The van der Waals surface area contributed by atoms with Gasteiger partial charge in [-0.1, -0.05) is 61.9 Å². The second-order valence-corrected chi connectivity index (χ2v) is 11.7. The van der Waals surface area contributed by atoms with Crippen LogP contribution in [0.1, 0.15) is 49.3 Å². The van der Waals surface area contributed by atoms with E-state index in [9.17, 15) is 13.2 Å². The van der Waals surface area contributed by atoms with Gasteiger partial charge in [-0.3, -0.25) is 9.36 Å². The van der Waals surface area contributed by atoms with E-state index in [-0.39, 0.29) is 18.0 Å². The highest BCUT2D eigenvalue weighted by molar-refractivity contribution is 7.89. The number of rotatable bonds is 7. The molecule has 0 radical (unpaired) electrons. The first-order chi connectivity index (χ1) is 17.0. The van der Waals surface area contributed by atoms with Crippen LogP contribution in [-0.4, -0.2) is 28.8 Å². The Labute approximate surface area is 213 Å². The number of sulfonamides is 1. The highest BCUT2D eigenvalue weighted by Crippen LogP contribution is 2.32. The summed E-state index contributed by atoms with van der Waals surface area (Å²) in [6, 6.07) is 19.5. The van der Waals surface area contributed by atoms with Gasteiger partial charge in [0.1, 0.15) is 5.82 Å². The summed E-state index contributed by atoms with van der Waals surface area (Å²) in [4.78, 5) is 18.9. The van der Waals surface area contributed by atoms with Crippen molar-refractivity contribution in [2.45, 2.75) is 52.5 Å². The van der Waals surface area contributed by atoms with Crippen LogP contribution in [0.5, 0.6) is 0 Å². The molecular weight excluding hydrogens is 470 g/mol. The zero-order valence-corrected chi connectivity index (χ0v) is 22.5. The number of aromatic nitrogens is 2. The van der Waals surface area contributed by atoms with Gasteiger partial charge >= 0.3 is 0 Å². The largest absolute Gasteiger partial charge is 0.268 e. The Morgan fingerprint density at radius 2 is 1.47 bits per heavy atom. The van der Waals surface area contributed by atoms with E-state index < -0.39 is 16.1 Å². The van der Waals surface area contributed by atoms with Crippen molar-refractivity contribution in [3.63, 3.8) is 0 Å². The second kappa shape index (κ2) is 9.99. The summed E-state index contributed by atoms with van der Waals surface area (Å²) < 4.78 is 31.5. The van der Waals surface area contributed by atoms with Gasteiger partial charge < -0.3 is 0 Å². The lowest BCUT2D eigenvalue weighted by Gasteiger charge is -2.32. The molecule has 0 bridgehead atoms. The van der Waals surface area contributed by atoms with Crippen LogP contribution in [-0.2, 0) is 10.0 Å². The van der Waals surface area contributed by atoms with Crippen molar-refractivity contribution < 1.29 is 8.42 Å². The molecule has 1 heterocycles. The summed E-state index contributed by atoms with van der Waals surface area (Å²) in [7, 11) is -3.91. The fourth-order valence-corrected chi connectivity index (χ4v) is 7.07. The zero-order valence-electron chi connectivity index (χ0n) is 21.7. The fourth-order valence-electron chi connectivity index (χ4n) is 4.90. The minimum Gasteiger partial charge on any atom is -0.268 e. The Hall–Kier alpha value is -3.29. The van der Waals surface area contributed by atoms with Crippen LogP contribution in [0.2, 0.25) is 0 Å². The van der Waals surface area contributed by atoms with Crippen LogP contribution < -0.4 is 5.56 Å². The number of nitrogens with zero attached hydrogens (tertiary/aromatic N) is 3. The third kappa shape index (κ3) is 4.73. The number of benzene rings is 3. The Bertz CT molecular complexity index is 1550. The number of aryl methyl sites for hydroxylation is 3. The molecule has 0 aliphatic rings. The lowest BCUT2D eigenvalue weighted by molar-refractivity contribution is 0.296.